The molecule has 0 spiro atoms. The number of halogens is 1. The molecule has 18 heavy (non-hydrogen) atoms. The molecule has 1 aromatic rings. The number of benzene rings is 1. The van der Waals surface area contributed by atoms with Gasteiger partial charge in [0.2, 0.25) is 0 Å². The van der Waals surface area contributed by atoms with E-state index in [4.69, 9.17) is 17.3 Å². The van der Waals surface area contributed by atoms with Gasteiger partial charge in [0.25, 0.3) is 0 Å². The van der Waals surface area contributed by atoms with Crippen LogP contribution in [0.15, 0.2) is 24.3 Å². The van der Waals surface area contributed by atoms with Crippen LogP contribution in [0.5, 0.6) is 0 Å². The van der Waals surface area contributed by atoms with Gasteiger partial charge < -0.3 is 5.73 Å². The van der Waals surface area contributed by atoms with Crippen molar-refractivity contribution in [3.8, 4) is 0 Å². The fourth-order valence-electron chi connectivity index (χ4n) is 2.67. The topological polar surface area (TPSA) is 43.1 Å². The molecule has 3 heteroatoms. The number of carbonyl (C=O) groups excluding carboxylic acids is 1. The zero-order chi connectivity index (χ0) is 13.0. The molecule has 0 aromatic heterocycles. The molecule has 0 radical (unpaired) electrons. The van der Waals surface area contributed by atoms with Gasteiger partial charge in [-0.25, -0.2) is 0 Å². The number of ketones is 1. The molecule has 2 N–H and O–H groups in total. The van der Waals surface area contributed by atoms with Gasteiger partial charge in [-0.2, -0.15) is 0 Å². The van der Waals surface area contributed by atoms with Crippen LogP contribution in [-0.2, 0) is 11.2 Å². The van der Waals surface area contributed by atoms with E-state index in [0.717, 1.165) is 42.8 Å². The summed E-state index contributed by atoms with van der Waals surface area (Å²) in [6.45, 7) is 0.762. The molecule has 1 aromatic carbocycles. The second-order valence-corrected chi connectivity index (χ2v) is 5.66. The van der Waals surface area contributed by atoms with Crippen LogP contribution >= 0.6 is 11.6 Å². The summed E-state index contributed by atoms with van der Waals surface area (Å²) in [4.78, 5) is 12.2. The van der Waals surface area contributed by atoms with Gasteiger partial charge in [0.05, 0.1) is 0 Å². The first-order chi connectivity index (χ1) is 8.69. The van der Waals surface area contributed by atoms with E-state index in [0.29, 0.717) is 18.1 Å². The monoisotopic (exact) mass is 265 g/mol. The van der Waals surface area contributed by atoms with E-state index in [2.05, 4.69) is 0 Å². The predicted molar refractivity (Wildman–Crippen MR) is 74.7 cm³/mol. The van der Waals surface area contributed by atoms with E-state index in [1.54, 1.807) is 0 Å². The summed E-state index contributed by atoms with van der Waals surface area (Å²) in [6, 6.07) is 7.56. The molecule has 98 valence electrons. The van der Waals surface area contributed by atoms with E-state index >= 15 is 0 Å². The largest absolute Gasteiger partial charge is 0.330 e. The Morgan fingerprint density at radius 1 is 1.17 bits per heavy atom. The van der Waals surface area contributed by atoms with E-state index < -0.39 is 0 Å². The maximum Gasteiger partial charge on any atom is 0.140 e. The predicted octanol–water partition coefficient (Wildman–Crippen LogP) is 3.22. The Balaban J connectivity index is 1.87. The molecular formula is C15H20ClNO. The van der Waals surface area contributed by atoms with Crippen LogP contribution in [0.3, 0.4) is 0 Å². The third-order valence-corrected chi connectivity index (χ3v) is 4.18. The Morgan fingerprint density at radius 2 is 1.78 bits per heavy atom. The summed E-state index contributed by atoms with van der Waals surface area (Å²) in [5.41, 5.74) is 6.73. The summed E-state index contributed by atoms with van der Waals surface area (Å²) < 4.78 is 0. The highest BCUT2D eigenvalue weighted by molar-refractivity contribution is 6.30. The van der Waals surface area contributed by atoms with Gasteiger partial charge in [0, 0.05) is 17.4 Å². The number of hydrogen-bond acceptors (Lipinski definition) is 2. The lowest BCUT2D eigenvalue weighted by Crippen LogP contribution is -2.26. The third-order valence-electron chi connectivity index (χ3n) is 3.93. The molecule has 0 bridgehead atoms. The number of rotatable bonds is 4. The second-order valence-electron chi connectivity index (χ2n) is 5.22. The molecule has 0 saturated heterocycles. The van der Waals surface area contributed by atoms with Crippen LogP contribution in [0, 0.1) is 11.8 Å². The van der Waals surface area contributed by atoms with Gasteiger partial charge in [-0.15, -0.1) is 0 Å². The van der Waals surface area contributed by atoms with Crippen molar-refractivity contribution >= 4 is 17.4 Å². The fraction of sp³-hybridized carbons (Fsp3) is 0.533. The standard InChI is InChI=1S/C15H20ClNO/c16-14-7-3-11(4-8-14)9-15(18)13-5-1-12(10-17)2-6-13/h3-4,7-8,12-13H,1-2,5-6,9-10,17H2. The summed E-state index contributed by atoms with van der Waals surface area (Å²) >= 11 is 5.83. The first-order valence-electron chi connectivity index (χ1n) is 6.66. The average molecular weight is 266 g/mol. The fourth-order valence-corrected chi connectivity index (χ4v) is 2.79. The van der Waals surface area contributed by atoms with E-state index in [1.165, 1.54) is 0 Å². The Labute approximate surface area is 114 Å². The number of carbonyl (C=O) groups is 1. The Morgan fingerprint density at radius 3 is 2.33 bits per heavy atom. The lowest BCUT2D eigenvalue weighted by Gasteiger charge is -2.26. The molecule has 0 aliphatic heterocycles. The highest BCUT2D eigenvalue weighted by Gasteiger charge is 2.25. The maximum absolute atomic E-state index is 12.2. The molecule has 2 nitrogen and oxygen atoms in total. The van der Waals surface area contributed by atoms with E-state index in [9.17, 15) is 4.79 Å². The molecule has 0 amide bonds. The normalized spacial score (nSPS) is 23.9. The van der Waals surface area contributed by atoms with Crippen molar-refractivity contribution in [2.24, 2.45) is 17.6 Å². The number of Topliss-reactive ketones (excluding diaryl/α,β-unsaturated/α-hetero) is 1. The molecule has 1 aliphatic carbocycles. The SMILES string of the molecule is NCC1CCC(C(=O)Cc2ccc(Cl)cc2)CC1. The summed E-state index contributed by atoms with van der Waals surface area (Å²) in [7, 11) is 0. The van der Waals surface area contributed by atoms with Crippen LogP contribution < -0.4 is 5.73 Å². The van der Waals surface area contributed by atoms with Crippen molar-refractivity contribution in [1.82, 2.24) is 0 Å². The summed E-state index contributed by atoms with van der Waals surface area (Å²) in [5, 5.41) is 0.717. The minimum Gasteiger partial charge on any atom is -0.330 e. The van der Waals surface area contributed by atoms with Gasteiger partial charge in [0.1, 0.15) is 5.78 Å². The van der Waals surface area contributed by atoms with Gasteiger partial charge in [0.15, 0.2) is 0 Å². The highest BCUT2D eigenvalue weighted by Crippen LogP contribution is 2.29. The van der Waals surface area contributed by atoms with Crippen LogP contribution in [0.2, 0.25) is 5.02 Å². The van der Waals surface area contributed by atoms with Crippen molar-refractivity contribution < 1.29 is 4.79 Å². The number of hydrogen-bond donors (Lipinski definition) is 1. The first-order valence-corrected chi connectivity index (χ1v) is 7.04. The molecular weight excluding hydrogens is 246 g/mol. The highest BCUT2D eigenvalue weighted by atomic mass is 35.5. The van der Waals surface area contributed by atoms with Gasteiger partial charge in [-0.1, -0.05) is 23.7 Å². The molecule has 0 heterocycles. The van der Waals surface area contributed by atoms with Gasteiger partial charge >= 0.3 is 0 Å². The van der Waals surface area contributed by atoms with Crippen molar-refractivity contribution in [3.05, 3.63) is 34.9 Å². The smallest absolute Gasteiger partial charge is 0.140 e. The Kier molecular flexibility index (Phi) is 4.79. The summed E-state index contributed by atoms with van der Waals surface area (Å²) in [6.07, 6.45) is 4.76. The zero-order valence-corrected chi connectivity index (χ0v) is 11.3. The molecule has 1 aliphatic rings. The average Bonchev–Trinajstić information content (AvgIpc) is 2.41. The van der Waals surface area contributed by atoms with Crippen molar-refractivity contribution in [1.29, 1.82) is 0 Å². The van der Waals surface area contributed by atoms with Crippen LogP contribution in [-0.4, -0.2) is 12.3 Å². The van der Waals surface area contributed by atoms with Crippen molar-refractivity contribution in [3.63, 3.8) is 0 Å². The molecule has 0 atom stereocenters. The summed E-state index contributed by atoms with van der Waals surface area (Å²) in [5.74, 6) is 1.24. The van der Waals surface area contributed by atoms with Crippen LogP contribution in [0.4, 0.5) is 0 Å². The Bertz CT molecular complexity index is 393. The minimum absolute atomic E-state index is 0.239. The maximum atomic E-state index is 12.2. The van der Waals surface area contributed by atoms with E-state index in [-0.39, 0.29) is 5.92 Å². The number of nitrogens with two attached hydrogens (primary N) is 1. The van der Waals surface area contributed by atoms with Crippen LogP contribution in [0.25, 0.3) is 0 Å². The minimum atomic E-state index is 0.239. The van der Waals surface area contributed by atoms with Crippen molar-refractivity contribution in [2.75, 3.05) is 6.54 Å². The molecule has 0 unspecified atom stereocenters. The molecule has 1 saturated carbocycles. The van der Waals surface area contributed by atoms with Gasteiger partial charge in [-0.05, 0) is 55.8 Å². The zero-order valence-electron chi connectivity index (χ0n) is 10.6. The molecule has 1 fully saturated rings. The molecule has 2 rings (SSSR count). The lowest BCUT2D eigenvalue weighted by atomic mass is 9.79. The Hall–Kier alpha value is -0.860. The first kappa shape index (κ1) is 13.6. The van der Waals surface area contributed by atoms with Gasteiger partial charge in [-0.3, -0.25) is 4.79 Å². The van der Waals surface area contributed by atoms with Crippen LogP contribution in [0.1, 0.15) is 31.2 Å². The second kappa shape index (κ2) is 6.35. The van der Waals surface area contributed by atoms with E-state index in [1.807, 2.05) is 24.3 Å². The third kappa shape index (κ3) is 3.56. The van der Waals surface area contributed by atoms with Crippen molar-refractivity contribution in [2.45, 2.75) is 32.1 Å². The quantitative estimate of drug-likeness (QED) is 0.908. The lowest BCUT2D eigenvalue weighted by molar-refractivity contribution is -0.123.